The van der Waals surface area contributed by atoms with Gasteiger partial charge in [-0.25, -0.2) is 0 Å². The number of nitro benzene ring substituents is 1. The van der Waals surface area contributed by atoms with Gasteiger partial charge in [0.2, 0.25) is 0 Å². The molecular formula is C15H14N4O4S. The van der Waals surface area contributed by atoms with Crippen molar-refractivity contribution in [3.63, 3.8) is 0 Å². The van der Waals surface area contributed by atoms with Crippen molar-refractivity contribution < 1.29 is 15.1 Å². The molecule has 0 aromatic heterocycles. The van der Waals surface area contributed by atoms with E-state index in [4.69, 9.17) is 5.73 Å². The second kappa shape index (κ2) is 7.97. The highest BCUT2D eigenvalue weighted by molar-refractivity contribution is 8.13. The molecule has 0 saturated carbocycles. The molecular weight excluding hydrogens is 332 g/mol. The second-order valence-corrected chi connectivity index (χ2v) is 5.61. The fourth-order valence-electron chi connectivity index (χ4n) is 1.74. The van der Waals surface area contributed by atoms with Crippen molar-refractivity contribution in [2.24, 2.45) is 15.9 Å². The largest absolute Gasteiger partial charge is 0.507 e. The van der Waals surface area contributed by atoms with Gasteiger partial charge in [-0.2, -0.15) is 5.10 Å². The number of hydrogen-bond acceptors (Lipinski definition) is 7. The van der Waals surface area contributed by atoms with Crippen LogP contribution in [0.25, 0.3) is 0 Å². The summed E-state index contributed by atoms with van der Waals surface area (Å²) in [5.74, 6) is -0.356. The molecule has 2 rings (SSSR count). The van der Waals surface area contributed by atoms with Crippen LogP contribution >= 0.6 is 11.8 Å². The van der Waals surface area contributed by atoms with Gasteiger partial charge in [-0.1, -0.05) is 42.1 Å². The van der Waals surface area contributed by atoms with E-state index in [1.54, 1.807) is 0 Å². The number of phenols is 2. The van der Waals surface area contributed by atoms with Crippen molar-refractivity contribution in [2.75, 3.05) is 0 Å². The number of aromatic hydroxyl groups is 2. The maximum Gasteiger partial charge on any atom is 0.311 e. The first-order valence-corrected chi connectivity index (χ1v) is 7.69. The first-order valence-electron chi connectivity index (χ1n) is 6.71. The van der Waals surface area contributed by atoms with Crippen LogP contribution in [0.15, 0.2) is 52.7 Å². The lowest BCUT2D eigenvalue weighted by Gasteiger charge is -2.01. The number of thioether (sulfide) groups is 1. The van der Waals surface area contributed by atoms with Crippen molar-refractivity contribution in [1.82, 2.24) is 0 Å². The first-order chi connectivity index (χ1) is 11.5. The molecule has 0 amide bonds. The molecule has 2 aromatic rings. The summed E-state index contributed by atoms with van der Waals surface area (Å²) in [6.07, 6.45) is 1.12. The zero-order valence-corrected chi connectivity index (χ0v) is 13.2. The molecule has 124 valence electrons. The van der Waals surface area contributed by atoms with Crippen molar-refractivity contribution in [2.45, 2.75) is 5.75 Å². The summed E-state index contributed by atoms with van der Waals surface area (Å²) in [6.45, 7) is 0. The van der Waals surface area contributed by atoms with Crippen molar-refractivity contribution in [3.8, 4) is 11.5 Å². The molecule has 0 fully saturated rings. The van der Waals surface area contributed by atoms with Crippen LogP contribution in [0.3, 0.4) is 0 Å². The molecule has 2 aromatic carbocycles. The van der Waals surface area contributed by atoms with E-state index < -0.39 is 16.4 Å². The molecule has 0 aliphatic rings. The number of amidine groups is 1. The standard InChI is InChI=1S/C15H14N4O4S/c16-15(24-9-10-4-2-1-3-5-10)18-17-8-11-6-12(19(22)23)14(21)7-13(11)20/h1-8,20-21H,9H2,(H2,16,18). The van der Waals surface area contributed by atoms with Crippen molar-refractivity contribution in [3.05, 3.63) is 63.7 Å². The highest BCUT2D eigenvalue weighted by Gasteiger charge is 2.16. The molecule has 0 heterocycles. The summed E-state index contributed by atoms with van der Waals surface area (Å²) in [5.41, 5.74) is 6.30. The molecule has 9 heteroatoms. The Kier molecular flexibility index (Phi) is 5.74. The Morgan fingerprint density at radius 1 is 1.25 bits per heavy atom. The van der Waals surface area contributed by atoms with Crippen LogP contribution < -0.4 is 5.73 Å². The summed E-state index contributed by atoms with van der Waals surface area (Å²) in [6, 6.07) is 11.5. The molecule has 24 heavy (non-hydrogen) atoms. The number of hydrogen-bond donors (Lipinski definition) is 3. The molecule has 0 saturated heterocycles. The van der Waals surface area contributed by atoms with Crippen LogP contribution in [0.5, 0.6) is 11.5 Å². The molecule has 0 aliphatic heterocycles. The van der Waals surface area contributed by atoms with E-state index in [1.807, 2.05) is 30.3 Å². The number of benzene rings is 2. The Bertz CT molecular complexity index is 794. The van der Waals surface area contributed by atoms with Gasteiger partial charge in [0.1, 0.15) is 5.75 Å². The van der Waals surface area contributed by atoms with E-state index in [2.05, 4.69) is 10.2 Å². The van der Waals surface area contributed by atoms with Gasteiger partial charge in [-0.05, 0) is 5.56 Å². The van der Waals surface area contributed by atoms with Gasteiger partial charge >= 0.3 is 5.69 Å². The lowest BCUT2D eigenvalue weighted by molar-refractivity contribution is -0.385. The highest BCUT2D eigenvalue weighted by atomic mass is 32.2. The molecule has 0 unspecified atom stereocenters. The SMILES string of the molecule is NC(=NN=Cc1cc([N+](=O)[O-])c(O)cc1O)SCc1ccccc1. The quantitative estimate of drug-likeness (QED) is 0.330. The van der Waals surface area contributed by atoms with Crippen LogP contribution in [0, 0.1) is 10.1 Å². The van der Waals surface area contributed by atoms with Crippen molar-refractivity contribution in [1.29, 1.82) is 0 Å². The first kappa shape index (κ1) is 17.3. The van der Waals surface area contributed by atoms with Gasteiger partial charge in [0.25, 0.3) is 0 Å². The van der Waals surface area contributed by atoms with E-state index in [-0.39, 0.29) is 16.5 Å². The Morgan fingerprint density at radius 2 is 1.96 bits per heavy atom. The number of rotatable bonds is 5. The maximum absolute atomic E-state index is 10.8. The van der Waals surface area contributed by atoms with Crippen LogP contribution in [-0.2, 0) is 5.75 Å². The summed E-state index contributed by atoms with van der Waals surface area (Å²) < 4.78 is 0. The van der Waals surface area contributed by atoms with E-state index in [1.165, 1.54) is 11.8 Å². The lowest BCUT2D eigenvalue weighted by atomic mass is 10.2. The third kappa shape index (κ3) is 4.71. The zero-order chi connectivity index (χ0) is 17.5. The van der Waals surface area contributed by atoms with Gasteiger partial charge < -0.3 is 15.9 Å². The number of nitrogens with zero attached hydrogens (tertiary/aromatic N) is 3. The minimum atomic E-state index is -0.764. The topological polar surface area (TPSA) is 134 Å². The normalized spacial score (nSPS) is 11.8. The average Bonchev–Trinajstić information content (AvgIpc) is 2.55. The van der Waals surface area contributed by atoms with Gasteiger partial charge in [0, 0.05) is 23.4 Å². The number of nitrogens with two attached hydrogens (primary N) is 1. The fraction of sp³-hybridized carbons (Fsp3) is 0.0667. The van der Waals surface area contributed by atoms with E-state index in [0.29, 0.717) is 5.75 Å². The molecule has 0 spiro atoms. The van der Waals surface area contributed by atoms with Gasteiger partial charge in [0.15, 0.2) is 10.9 Å². The van der Waals surface area contributed by atoms with E-state index >= 15 is 0 Å². The highest BCUT2D eigenvalue weighted by Crippen LogP contribution is 2.32. The van der Waals surface area contributed by atoms with Crippen LogP contribution in [-0.4, -0.2) is 26.5 Å². The predicted octanol–water partition coefficient (Wildman–Crippen LogP) is 2.59. The third-order valence-corrected chi connectivity index (χ3v) is 3.76. The molecule has 4 N–H and O–H groups in total. The Balaban J connectivity index is 2.04. The van der Waals surface area contributed by atoms with Crippen LogP contribution in [0.2, 0.25) is 0 Å². The lowest BCUT2D eigenvalue weighted by Crippen LogP contribution is -2.06. The van der Waals surface area contributed by atoms with Crippen molar-refractivity contribution >= 4 is 28.8 Å². The minimum Gasteiger partial charge on any atom is -0.507 e. The number of phenolic OH excluding ortho intramolecular Hbond substituents is 2. The Hall–Kier alpha value is -3.07. The molecule has 0 atom stereocenters. The van der Waals surface area contributed by atoms with Gasteiger partial charge in [-0.3, -0.25) is 10.1 Å². The van der Waals surface area contributed by atoms with Crippen LogP contribution in [0.4, 0.5) is 5.69 Å². The monoisotopic (exact) mass is 346 g/mol. The summed E-state index contributed by atoms with van der Waals surface area (Å²) in [7, 11) is 0. The smallest absolute Gasteiger partial charge is 0.311 e. The van der Waals surface area contributed by atoms with Crippen LogP contribution in [0.1, 0.15) is 11.1 Å². The fourth-order valence-corrected chi connectivity index (χ4v) is 2.35. The number of nitro groups is 1. The summed E-state index contributed by atoms with van der Waals surface area (Å²) >= 11 is 1.28. The second-order valence-electron chi connectivity index (χ2n) is 4.61. The molecule has 0 aliphatic carbocycles. The average molecular weight is 346 g/mol. The van der Waals surface area contributed by atoms with E-state index in [9.17, 15) is 20.3 Å². The third-order valence-electron chi connectivity index (χ3n) is 2.90. The van der Waals surface area contributed by atoms with E-state index in [0.717, 1.165) is 23.9 Å². The minimum absolute atomic E-state index is 0.0455. The molecule has 0 bridgehead atoms. The Labute approximate surface area is 141 Å². The Morgan fingerprint density at radius 3 is 2.62 bits per heavy atom. The van der Waals surface area contributed by atoms with Gasteiger partial charge in [0.05, 0.1) is 11.1 Å². The molecule has 8 nitrogen and oxygen atoms in total. The molecule has 0 radical (unpaired) electrons. The van der Waals surface area contributed by atoms with Gasteiger partial charge in [-0.15, -0.1) is 5.10 Å². The zero-order valence-electron chi connectivity index (χ0n) is 12.4. The summed E-state index contributed by atoms with van der Waals surface area (Å²) in [5, 5.41) is 37.5. The predicted molar refractivity (Wildman–Crippen MR) is 93.4 cm³/mol. The summed E-state index contributed by atoms with van der Waals surface area (Å²) in [4.78, 5) is 9.99. The maximum atomic E-state index is 10.8.